The molecule has 2 aromatic rings. The molecule has 0 aliphatic heterocycles. The molecule has 2 aliphatic rings. The first-order valence-corrected chi connectivity index (χ1v) is 8.89. The minimum Gasteiger partial charge on any atom is -0.490 e. The van der Waals surface area contributed by atoms with Crippen LogP contribution in [0.25, 0.3) is 0 Å². The van der Waals surface area contributed by atoms with Crippen LogP contribution in [0.5, 0.6) is 5.75 Å². The van der Waals surface area contributed by atoms with Crippen molar-refractivity contribution >= 4 is 0 Å². The monoisotopic (exact) mass is 327 g/mol. The summed E-state index contributed by atoms with van der Waals surface area (Å²) in [6.07, 6.45) is 10.0. The van der Waals surface area contributed by atoms with Gasteiger partial charge in [-0.05, 0) is 49.3 Å². The van der Waals surface area contributed by atoms with E-state index in [-0.39, 0.29) is 12.1 Å². The Balaban J connectivity index is 1.25. The number of aliphatic hydroxyl groups excluding tert-OH is 1. The summed E-state index contributed by atoms with van der Waals surface area (Å²) in [5.74, 6) is 1.46. The summed E-state index contributed by atoms with van der Waals surface area (Å²) in [5, 5.41) is 13.8. The van der Waals surface area contributed by atoms with Gasteiger partial charge >= 0.3 is 0 Å². The van der Waals surface area contributed by atoms with Crippen molar-refractivity contribution in [3.05, 3.63) is 48.5 Å². The Morgan fingerprint density at radius 3 is 2.75 bits per heavy atom. The maximum absolute atomic E-state index is 10.3. The predicted molar refractivity (Wildman–Crippen MR) is 91.7 cm³/mol. The Morgan fingerprint density at radius 2 is 2.04 bits per heavy atom. The van der Waals surface area contributed by atoms with Gasteiger partial charge in [0, 0.05) is 31.5 Å². The lowest BCUT2D eigenvalue weighted by atomic mass is 10.1. The van der Waals surface area contributed by atoms with E-state index in [2.05, 4.69) is 27.0 Å². The number of nitrogens with one attached hydrogen (secondary N) is 1. The minimum atomic E-state index is -0.268. The zero-order valence-electron chi connectivity index (χ0n) is 13.8. The van der Waals surface area contributed by atoms with Crippen LogP contribution in [-0.4, -0.2) is 32.9 Å². The van der Waals surface area contributed by atoms with E-state index >= 15 is 0 Å². The SMILES string of the molecule is O[C@@H]1CC(Cn2ccnc2)C[C@H]1NCc1ccc(OC2CC2)cc1. The molecule has 4 rings (SSSR count). The van der Waals surface area contributed by atoms with Crippen LogP contribution in [0.1, 0.15) is 31.2 Å². The first-order valence-electron chi connectivity index (χ1n) is 8.89. The van der Waals surface area contributed by atoms with E-state index in [4.69, 9.17) is 4.74 Å². The average molecular weight is 327 g/mol. The van der Waals surface area contributed by atoms with Gasteiger partial charge in [-0.2, -0.15) is 0 Å². The molecule has 1 unspecified atom stereocenters. The molecule has 1 aromatic carbocycles. The molecule has 5 nitrogen and oxygen atoms in total. The van der Waals surface area contributed by atoms with Crippen molar-refractivity contribution < 1.29 is 9.84 Å². The second kappa shape index (κ2) is 6.95. The van der Waals surface area contributed by atoms with Gasteiger partial charge < -0.3 is 19.7 Å². The fourth-order valence-electron chi connectivity index (χ4n) is 3.49. The van der Waals surface area contributed by atoms with Crippen molar-refractivity contribution in [1.29, 1.82) is 0 Å². The first-order chi connectivity index (χ1) is 11.8. The third-order valence-corrected chi connectivity index (χ3v) is 4.97. The van der Waals surface area contributed by atoms with Crippen molar-refractivity contribution in [2.24, 2.45) is 5.92 Å². The molecule has 2 aliphatic carbocycles. The molecule has 0 radical (unpaired) electrons. The molecule has 1 aromatic heterocycles. The van der Waals surface area contributed by atoms with Crippen molar-refractivity contribution in [2.75, 3.05) is 0 Å². The zero-order valence-corrected chi connectivity index (χ0v) is 13.8. The average Bonchev–Trinajstić information content (AvgIpc) is 3.11. The summed E-state index contributed by atoms with van der Waals surface area (Å²) < 4.78 is 7.87. The van der Waals surface area contributed by atoms with E-state index < -0.39 is 0 Å². The van der Waals surface area contributed by atoms with E-state index in [0.29, 0.717) is 12.0 Å². The molecule has 128 valence electrons. The van der Waals surface area contributed by atoms with Crippen molar-refractivity contribution in [2.45, 2.75) is 57.0 Å². The minimum absolute atomic E-state index is 0.168. The normalized spacial score (nSPS) is 26.6. The van der Waals surface area contributed by atoms with Crippen molar-refractivity contribution in [3.63, 3.8) is 0 Å². The largest absolute Gasteiger partial charge is 0.490 e. The summed E-state index contributed by atoms with van der Waals surface area (Å²) in [6.45, 7) is 1.71. The Kier molecular flexibility index (Phi) is 4.54. The first kappa shape index (κ1) is 15.7. The highest BCUT2D eigenvalue weighted by Crippen LogP contribution is 2.28. The second-order valence-electron chi connectivity index (χ2n) is 7.11. The van der Waals surface area contributed by atoms with Crippen LogP contribution in [0.2, 0.25) is 0 Å². The maximum atomic E-state index is 10.3. The van der Waals surface area contributed by atoms with Crippen LogP contribution in [-0.2, 0) is 13.1 Å². The van der Waals surface area contributed by atoms with Crippen LogP contribution in [0, 0.1) is 5.92 Å². The molecule has 0 bridgehead atoms. The Morgan fingerprint density at radius 1 is 1.21 bits per heavy atom. The molecule has 2 N–H and O–H groups in total. The topological polar surface area (TPSA) is 59.3 Å². The highest BCUT2D eigenvalue weighted by Gasteiger charge is 2.32. The summed E-state index contributed by atoms with van der Waals surface area (Å²) in [6, 6.07) is 8.47. The standard InChI is InChI=1S/C19H25N3O2/c23-19-10-15(12-22-8-7-20-13-22)9-18(19)21-11-14-1-3-16(4-2-14)24-17-5-6-17/h1-4,7-8,13,15,17-19,21,23H,5-6,9-12H2/t15?,18-,19-/m1/s1. The number of hydrogen-bond acceptors (Lipinski definition) is 4. The molecule has 2 saturated carbocycles. The maximum Gasteiger partial charge on any atom is 0.119 e. The smallest absolute Gasteiger partial charge is 0.119 e. The lowest BCUT2D eigenvalue weighted by Gasteiger charge is -2.16. The van der Waals surface area contributed by atoms with Crippen LogP contribution < -0.4 is 10.1 Å². The summed E-state index contributed by atoms with van der Waals surface area (Å²) in [7, 11) is 0. The Labute approximate surface area is 142 Å². The molecule has 1 heterocycles. The Hall–Kier alpha value is -1.85. The van der Waals surface area contributed by atoms with Gasteiger partial charge in [0.25, 0.3) is 0 Å². The lowest BCUT2D eigenvalue weighted by molar-refractivity contribution is 0.145. The predicted octanol–water partition coefficient (Wildman–Crippen LogP) is 2.35. The molecule has 0 amide bonds. The Bertz CT molecular complexity index is 637. The highest BCUT2D eigenvalue weighted by atomic mass is 16.5. The van der Waals surface area contributed by atoms with Gasteiger partial charge in [-0.15, -0.1) is 0 Å². The third kappa shape index (κ3) is 3.97. The molecular weight excluding hydrogens is 302 g/mol. The molecule has 0 spiro atoms. The van der Waals surface area contributed by atoms with Gasteiger partial charge in [-0.25, -0.2) is 4.98 Å². The number of nitrogens with zero attached hydrogens (tertiary/aromatic N) is 2. The number of benzene rings is 1. The number of aliphatic hydroxyl groups is 1. The van der Waals surface area contributed by atoms with Gasteiger partial charge in [0.15, 0.2) is 0 Å². The van der Waals surface area contributed by atoms with Gasteiger partial charge in [-0.3, -0.25) is 0 Å². The number of aromatic nitrogens is 2. The highest BCUT2D eigenvalue weighted by molar-refractivity contribution is 5.27. The van der Waals surface area contributed by atoms with Crippen LogP contribution in [0.15, 0.2) is 43.0 Å². The number of rotatable bonds is 7. The van der Waals surface area contributed by atoms with E-state index in [0.717, 1.165) is 31.7 Å². The van der Waals surface area contributed by atoms with Crippen molar-refractivity contribution in [3.8, 4) is 5.75 Å². The van der Waals surface area contributed by atoms with E-state index in [1.54, 1.807) is 6.20 Å². The molecule has 3 atom stereocenters. The summed E-state index contributed by atoms with van der Waals surface area (Å²) >= 11 is 0. The fourth-order valence-corrected chi connectivity index (χ4v) is 3.49. The van der Waals surface area contributed by atoms with E-state index in [9.17, 15) is 5.11 Å². The second-order valence-corrected chi connectivity index (χ2v) is 7.11. The van der Waals surface area contributed by atoms with Crippen LogP contribution in [0.4, 0.5) is 0 Å². The number of hydrogen-bond donors (Lipinski definition) is 2. The molecule has 5 heteroatoms. The quantitative estimate of drug-likeness (QED) is 0.819. The van der Waals surface area contributed by atoms with Crippen molar-refractivity contribution in [1.82, 2.24) is 14.9 Å². The van der Waals surface area contributed by atoms with Gasteiger partial charge in [0.2, 0.25) is 0 Å². The number of ether oxygens (including phenoxy) is 1. The van der Waals surface area contributed by atoms with Crippen LogP contribution >= 0.6 is 0 Å². The fraction of sp³-hybridized carbons (Fsp3) is 0.526. The van der Waals surface area contributed by atoms with Gasteiger partial charge in [0.1, 0.15) is 5.75 Å². The molecule has 0 saturated heterocycles. The number of imidazole rings is 1. The molecule has 2 fully saturated rings. The van der Waals surface area contributed by atoms with Gasteiger partial charge in [0.05, 0.1) is 18.5 Å². The van der Waals surface area contributed by atoms with Crippen LogP contribution in [0.3, 0.4) is 0 Å². The van der Waals surface area contributed by atoms with E-state index in [1.165, 1.54) is 18.4 Å². The summed E-state index contributed by atoms with van der Waals surface area (Å²) in [4.78, 5) is 4.08. The molecular formula is C19H25N3O2. The van der Waals surface area contributed by atoms with E-state index in [1.807, 2.05) is 24.7 Å². The molecule has 24 heavy (non-hydrogen) atoms. The lowest BCUT2D eigenvalue weighted by Crippen LogP contribution is -2.35. The summed E-state index contributed by atoms with van der Waals surface area (Å²) in [5.41, 5.74) is 1.23. The third-order valence-electron chi connectivity index (χ3n) is 4.97. The zero-order chi connectivity index (χ0) is 16.4. The van der Waals surface area contributed by atoms with Gasteiger partial charge in [-0.1, -0.05) is 12.1 Å².